The Balaban J connectivity index is 1.11. The van der Waals surface area contributed by atoms with Gasteiger partial charge in [0.05, 0.1) is 17.9 Å². The van der Waals surface area contributed by atoms with Gasteiger partial charge in [0.2, 0.25) is 11.8 Å². The lowest BCUT2D eigenvalue weighted by molar-refractivity contribution is -0.134. The van der Waals surface area contributed by atoms with Gasteiger partial charge in [-0.15, -0.1) is 0 Å². The van der Waals surface area contributed by atoms with Crippen LogP contribution in [0.1, 0.15) is 73.0 Å². The lowest BCUT2D eigenvalue weighted by atomic mass is 9.97. The molecule has 8 heteroatoms. The summed E-state index contributed by atoms with van der Waals surface area (Å²) in [6.45, 7) is 4.67. The number of nitrogens with zero attached hydrogens (tertiary/aromatic N) is 4. The molecule has 3 amide bonds. The third-order valence-electron chi connectivity index (χ3n) is 9.14. The summed E-state index contributed by atoms with van der Waals surface area (Å²) in [5.41, 5.74) is 3.66. The van der Waals surface area contributed by atoms with E-state index in [0.717, 1.165) is 65.9 Å². The molecule has 3 aliphatic heterocycles. The summed E-state index contributed by atoms with van der Waals surface area (Å²) in [5, 5.41) is 9.05. The van der Waals surface area contributed by atoms with Gasteiger partial charge in [0.1, 0.15) is 6.04 Å². The normalized spacial score (nSPS) is 23.3. The second-order valence-corrected chi connectivity index (χ2v) is 11.5. The fourth-order valence-electron chi connectivity index (χ4n) is 6.78. The zero-order chi connectivity index (χ0) is 26.0. The SMILES string of the molecule is C[C@@H](C1CC1)N1CCC(n2cc(Cc3ccc4c5c(cccc35)C(=O)N4C3CCC(=O)NC3=O)cn2)CC1. The van der Waals surface area contributed by atoms with Gasteiger partial charge in [0, 0.05) is 49.1 Å². The molecule has 1 unspecified atom stereocenters. The summed E-state index contributed by atoms with van der Waals surface area (Å²) in [6.07, 6.45) is 10.5. The Morgan fingerprint density at radius 1 is 1.03 bits per heavy atom. The molecule has 1 aliphatic carbocycles. The van der Waals surface area contributed by atoms with E-state index in [1.54, 1.807) is 4.90 Å². The molecule has 3 aromatic rings. The maximum absolute atomic E-state index is 13.4. The Morgan fingerprint density at radius 2 is 1.84 bits per heavy atom. The highest BCUT2D eigenvalue weighted by Crippen LogP contribution is 2.41. The van der Waals surface area contributed by atoms with Crippen LogP contribution in [0.2, 0.25) is 0 Å². The number of nitrogens with one attached hydrogen (secondary N) is 1. The predicted octanol–water partition coefficient (Wildman–Crippen LogP) is 3.83. The first-order chi connectivity index (χ1) is 18.5. The van der Waals surface area contributed by atoms with E-state index in [1.807, 2.05) is 24.4 Å². The molecule has 0 radical (unpaired) electrons. The van der Waals surface area contributed by atoms with Gasteiger partial charge in [-0.1, -0.05) is 18.2 Å². The molecule has 196 valence electrons. The number of imide groups is 1. The van der Waals surface area contributed by atoms with Crippen molar-refractivity contribution in [2.24, 2.45) is 5.92 Å². The average molecular weight is 512 g/mol. The number of aromatic nitrogens is 2. The Kier molecular flexibility index (Phi) is 5.62. The minimum atomic E-state index is -0.668. The van der Waals surface area contributed by atoms with E-state index >= 15 is 0 Å². The van der Waals surface area contributed by atoms with Crippen LogP contribution in [0.3, 0.4) is 0 Å². The molecule has 8 nitrogen and oxygen atoms in total. The predicted molar refractivity (Wildman–Crippen MR) is 144 cm³/mol. The second kappa shape index (κ2) is 9.05. The first-order valence-corrected chi connectivity index (χ1v) is 14.0. The van der Waals surface area contributed by atoms with Crippen LogP contribution < -0.4 is 10.2 Å². The number of amides is 3. The van der Waals surface area contributed by atoms with E-state index < -0.39 is 11.9 Å². The van der Waals surface area contributed by atoms with Crippen molar-refractivity contribution in [1.82, 2.24) is 20.0 Å². The molecule has 0 spiro atoms. The number of likely N-dealkylation sites (tertiary alicyclic amines) is 1. The maximum atomic E-state index is 13.4. The molecule has 2 atom stereocenters. The smallest absolute Gasteiger partial charge is 0.259 e. The first-order valence-electron chi connectivity index (χ1n) is 14.0. The summed E-state index contributed by atoms with van der Waals surface area (Å²) in [5.74, 6) is 0.0501. The summed E-state index contributed by atoms with van der Waals surface area (Å²) in [4.78, 5) is 41.9. The molecular formula is C30H33N5O3. The molecule has 4 heterocycles. The van der Waals surface area contributed by atoms with Crippen LogP contribution in [-0.2, 0) is 16.0 Å². The molecule has 1 N–H and O–H groups in total. The van der Waals surface area contributed by atoms with Crippen LogP contribution >= 0.6 is 0 Å². The molecule has 38 heavy (non-hydrogen) atoms. The van der Waals surface area contributed by atoms with E-state index in [9.17, 15) is 14.4 Å². The van der Waals surface area contributed by atoms with Crippen molar-refractivity contribution in [2.45, 2.75) is 70.0 Å². The Labute approximate surface area is 222 Å². The molecule has 2 aromatic carbocycles. The van der Waals surface area contributed by atoms with Crippen molar-refractivity contribution in [3.8, 4) is 0 Å². The van der Waals surface area contributed by atoms with Crippen LogP contribution in [-0.4, -0.2) is 57.6 Å². The molecule has 2 saturated heterocycles. The van der Waals surface area contributed by atoms with Gasteiger partial charge in [-0.05, 0) is 73.6 Å². The van der Waals surface area contributed by atoms with Crippen LogP contribution in [0, 0.1) is 5.92 Å². The largest absolute Gasteiger partial charge is 0.300 e. The van der Waals surface area contributed by atoms with Gasteiger partial charge in [-0.25, -0.2) is 0 Å². The minimum Gasteiger partial charge on any atom is -0.300 e. The third-order valence-corrected chi connectivity index (χ3v) is 9.14. The van der Waals surface area contributed by atoms with Gasteiger partial charge >= 0.3 is 0 Å². The fraction of sp³-hybridized carbons (Fsp3) is 0.467. The van der Waals surface area contributed by atoms with Crippen molar-refractivity contribution in [2.75, 3.05) is 18.0 Å². The zero-order valence-corrected chi connectivity index (χ0v) is 21.7. The lowest BCUT2D eigenvalue weighted by Crippen LogP contribution is -2.53. The summed E-state index contributed by atoms with van der Waals surface area (Å²) >= 11 is 0. The van der Waals surface area contributed by atoms with Gasteiger partial charge < -0.3 is 4.90 Å². The summed E-state index contributed by atoms with van der Waals surface area (Å²) in [7, 11) is 0. The van der Waals surface area contributed by atoms with Crippen LogP contribution in [0.4, 0.5) is 5.69 Å². The Bertz CT molecular complexity index is 1450. The number of hydrogen-bond acceptors (Lipinski definition) is 5. The highest BCUT2D eigenvalue weighted by atomic mass is 16.2. The number of benzene rings is 2. The molecule has 0 bridgehead atoms. The second-order valence-electron chi connectivity index (χ2n) is 11.5. The van der Waals surface area contributed by atoms with E-state index in [4.69, 9.17) is 5.10 Å². The average Bonchev–Trinajstić information content (AvgIpc) is 3.61. The topological polar surface area (TPSA) is 87.5 Å². The van der Waals surface area contributed by atoms with Gasteiger partial charge in [0.15, 0.2) is 0 Å². The number of piperidine rings is 2. The standard InChI is InChI=1S/C30H33N5O3/c1-18(20-5-6-20)33-13-11-22(12-14-33)34-17-19(16-31-34)15-21-7-8-25-28-23(21)3-2-4-24(28)30(38)35(25)26-9-10-27(36)32-29(26)37/h2-4,7-8,16-18,20,22,26H,5-6,9-15H2,1H3,(H,32,36,37)/t18-,26?/m0/s1. The number of hydrogen-bond donors (Lipinski definition) is 1. The van der Waals surface area contributed by atoms with E-state index in [2.05, 4.69) is 40.2 Å². The molecule has 4 aliphatic rings. The van der Waals surface area contributed by atoms with Gasteiger partial charge in [-0.3, -0.25) is 29.3 Å². The van der Waals surface area contributed by atoms with Crippen LogP contribution in [0.15, 0.2) is 42.7 Å². The zero-order valence-electron chi connectivity index (χ0n) is 21.7. The molecule has 7 rings (SSSR count). The van der Waals surface area contributed by atoms with E-state index in [1.165, 1.54) is 12.8 Å². The van der Waals surface area contributed by atoms with Crippen molar-refractivity contribution < 1.29 is 14.4 Å². The van der Waals surface area contributed by atoms with Crippen molar-refractivity contribution in [3.05, 3.63) is 59.4 Å². The number of rotatable bonds is 6. The van der Waals surface area contributed by atoms with Crippen LogP contribution in [0.5, 0.6) is 0 Å². The fourth-order valence-corrected chi connectivity index (χ4v) is 6.78. The highest BCUT2D eigenvalue weighted by Gasteiger charge is 2.41. The van der Waals surface area contributed by atoms with E-state index in [-0.39, 0.29) is 18.2 Å². The Morgan fingerprint density at radius 3 is 2.61 bits per heavy atom. The van der Waals surface area contributed by atoms with Gasteiger partial charge in [-0.2, -0.15) is 5.10 Å². The summed E-state index contributed by atoms with van der Waals surface area (Å²) < 4.78 is 2.16. The number of anilines is 1. The third kappa shape index (κ3) is 3.93. The van der Waals surface area contributed by atoms with Crippen molar-refractivity contribution in [1.29, 1.82) is 0 Å². The number of carbonyl (C=O) groups is 3. The van der Waals surface area contributed by atoms with E-state index in [0.29, 0.717) is 24.1 Å². The number of carbonyl (C=O) groups excluding carboxylic acids is 3. The van der Waals surface area contributed by atoms with Gasteiger partial charge in [0.25, 0.3) is 5.91 Å². The molecule has 1 saturated carbocycles. The minimum absolute atomic E-state index is 0.174. The monoisotopic (exact) mass is 511 g/mol. The maximum Gasteiger partial charge on any atom is 0.259 e. The molecule has 1 aromatic heterocycles. The summed E-state index contributed by atoms with van der Waals surface area (Å²) in [6, 6.07) is 10.3. The Hall–Kier alpha value is -3.52. The molecular weight excluding hydrogens is 478 g/mol. The van der Waals surface area contributed by atoms with Crippen molar-refractivity contribution in [3.63, 3.8) is 0 Å². The van der Waals surface area contributed by atoms with Crippen LogP contribution in [0.25, 0.3) is 10.8 Å². The quantitative estimate of drug-likeness (QED) is 0.509. The lowest BCUT2D eigenvalue weighted by Gasteiger charge is -2.36. The first kappa shape index (κ1) is 23.6. The van der Waals surface area contributed by atoms with Crippen molar-refractivity contribution >= 4 is 34.2 Å². The highest BCUT2D eigenvalue weighted by molar-refractivity contribution is 6.27. The molecule has 3 fully saturated rings.